The zero-order valence-corrected chi connectivity index (χ0v) is 9.14. The molecule has 2 aromatic heterocycles. The van der Waals surface area contributed by atoms with Gasteiger partial charge >= 0.3 is 0 Å². The van der Waals surface area contributed by atoms with Crippen molar-refractivity contribution in [3.8, 4) is 11.6 Å². The Morgan fingerprint density at radius 2 is 2.50 bits per heavy atom. The van der Waals surface area contributed by atoms with Crippen molar-refractivity contribution in [2.24, 2.45) is 7.05 Å². The Labute approximate surface area is 95.8 Å². The molecule has 0 amide bonds. The number of hydrogen-bond donors (Lipinski definition) is 0. The SMILES string of the molecule is Cn1ncnc1-c1oc(COC=O)cc1Cl. The highest BCUT2D eigenvalue weighted by atomic mass is 35.5. The summed E-state index contributed by atoms with van der Waals surface area (Å²) < 4.78 is 11.5. The number of furan rings is 1. The van der Waals surface area contributed by atoms with E-state index in [2.05, 4.69) is 14.8 Å². The maximum absolute atomic E-state index is 10.0. The number of ether oxygens (including phenoxy) is 1. The molecule has 2 aromatic rings. The minimum absolute atomic E-state index is 0.0427. The fraction of sp³-hybridized carbons (Fsp3) is 0.222. The lowest BCUT2D eigenvalue weighted by atomic mass is 10.4. The van der Waals surface area contributed by atoms with Crippen LogP contribution in [0, 0.1) is 0 Å². The molecule has 6 nitrogen and oxygen atoms in total. The molecule has 0 unspecified atom stereocenters. The molecular formula is C9H8ClN3O3. The van der Waals surface area contributed by atoms with Crippen molar-refractivity contribution < 1.29 is 13.9 Å². The number of halogens is 1. The van der Waals surface area contributed by atoms with Crippen molar-refractivity contribution in [3.05, 3.63) is 23.2 Å². The summed E-state index contributed by atoms with van der Waals surface area (Å²) in [6, 6.07) is 1.58. The number of rotatable bonds is 4. The molecule has 84 valence electrons. The average Bonchev–Trinajstić information content (AvgIpc) is 2.82. The lowest BCUT2D eigenvalue weighted by Crippen LogP contribution is -1.93. The fourth-order valence-corrected chi connectivity index (χ4v) is 1.50. The highest BCUT2D eigenvalue weighted by Gasteiger charge is 2.15. The van der Waals surface area contributed by atoms with Crippen LogP contribution in [0.4, 0.5) is 0 Å². The second-order valence-corrected chi connectivity index (χ2v) is 3.41. The summed E-state index contributed by atoms with van der Waals surface area (Å²) in [5, 5.41) is 4.31. The third kappa shape index (κ3) is 1.92. The summed E-state index contributed by atoms with van der Waals surface area (Å²) in [5.41, 5.74) is 0. The monoisotopic (exact) mass is 241 g/mol. The molecule has 0 N–H and O–H groups in total. The van der Waals surface area contributed by atoms with E-state index >= 15 is 0 Å². The van der Waals surface area contributed by atoms with Gasteiger partial charge in [0, 0.05) is 13.1 Å². The third-order valence-corrected chi connectivity index (χ3v) is 2.23. The molecule has 0 atom stereocenters. The number of aromatic nitrogens is 3. The molecule has 0 saturated heterocycles. The van der Waals surface area contributed by atoms with Gasteiger partial charge in [0.1, 0.15) is 18.7 Å². The molecule has 0 aliphatic heterocycles. The number of nitrogens with zero attached hydrogens (tertiary/aromatic N) is 3. The van der Waals surface area contributed by atoms with Gasteiger partial charge in [-0.3, -0.25) is 4.79 Å². The van der Waals surface area contributed by atoms with E-state index in [9.17, 15) is 4.79 Å². The van der Waals surface area contributed by atoms with Crippen LogP contribution in [0.5, 0.6) is 0 Å². The second-order valence-electron chi connectivity index (χ2n) is 3.00. The molecule has 0 saturated carbocycles. The fourth-order valence-electron chi connectivity index (χ4n) is 1.26. The quantitative estimate of drug-likeness (QED) is 0.757. The Balaban J connectivity index is 2.32. The van der Waals surface area contributed by atoms with Crippen LogP contribution in [0.1, 0.15) is 5.76 Å². The molecule has 7 heteroatoms. The van der Waals surface area contributed by atoms with E-state index in [1.807, 2.05) is 0 Å². The van der Waals surface area contributed by atoms with Crippen molar-refractivity contribution in [2.45, 2.75) is 6.61 Å². The molecule has 0 spiro atoms. The van der Waals surface area contributed by atoms with Crippen LogP contribution in [-0.2, 0) is 23.2 Å². The average molecular weight is 242 g/mol. The van der Waals surface area contributed by atoms with Crippen molar-refractivity contribution in [3.63, 3.8) is 0 Å². The predicted molar refractivity (Wildman–Crippen MR) is 54.6 cm³/mol. The van der Waals surface area contributed by atoms with E-state index in [0.717, 1.165) is 0 Å². The summed E-state index contributed by atoms with van der Waals surface area (Å²) in [5.74, 6) is 1.38. The topological polar surface area (TPSA) is 70.2 Å². The number of aryl methyl sites for hydroxylation is 1. The van der Waals surface area contributed by atoms with Gasteiger partial charge in [0.25, 0.3) is 6.47 Å². The number of carbonyl (C=O) groups excluding carboxylic acids is 1. The Morgan fingerprint density at radius 1 is 1.69 bits per heavy atom. The Bertz CT molecular complexity index is 506. The highest BCUT2D eigenvalue weighted by molar-refractivity contribution is 6.32. The van der Waals surface area contributed by atoms with Crippen LogP contribution in [0.25, 0.3) is 11.6 Å². The second kappa shape index (κ2) is 4.36. The molecule has 2 rings (SSSR count). The summed E-state index contributed by atoms with van der Waals surface area (Å²) in [6.07, 6.45) is 1.40. The van der Waals surface area contributed by atoms with Crippen LogP contribution in [0.15, 0.2) is 16.8 Å². The Kier molecular flexibility index (Phi) is 2.91. The first-order valence-corrected chi connectivity index (χ1v) is 4.78. The zero-order valence-electron chi connectivity index (χ0n) is 8.38. The maximum Gasteiger partial charge on any atom is 0.293 e. The van der Waals surface area contributed by atoms with E-state index in [4.69, 9.17) is 16.0 Å². The lowest BCUT2D eigenvalue weighted by molar-refractivity contribution is -0.130. The van der Waals surface area contributed by atoms with Gasteiger partial charge in [-0.15, -0.1) is 0 Å². The summed E-state index contributed by atoms with van der Waals surface area (Å²) in [4.78, 5) is 14.0. The normalized spacial score (nSPS) is 10.4. The standard InChI is InChI=1S/C9H8ClN3O3/c1-13-9(11-4-12-13)8-7(10)2-6(16-8)3-15-5-14/h2,4-5H,3H2,1H3. The number of hydrogen-bond acceptors (Lipinski definition) is 5. The first kappa shape index (κ1) is 10.7. The van der Waals surface area contributed by atoms with Crippen LogP contribution in [0.3, 0.4) is 0 Å². The lowest BCUT2D eigenvalue weighted by Gasteiger charge is -1.96. The number of carbonyl (C=O) groups is 1. The van der Waals surface area contributed by atoms with Gasteiger partial charge < -0.3 is 9.15 Å². The van der Waals surface area contributed by atoms with E-state index in [1.165, 1.54) is 11.0 Å². The maximum atomic E-state index is 10.0. The van der Waals surface area contributed by atoms with Gasteiger partial charge in [-0.2, -0.15) is 5.10 Å². The summed E-state index contributed by atoms with van der Waals surface area (Å²) in [7, 11) is 1.72. The molecular weight excluding hydrogens is 234 g/mol. The minimum Gasteiger partial charge on any atom is -0.460 e. The zero-order chi connectivity index (χ0) is 11.5. The molecule has 16 heavy (non-hydrogen) atoms. The molecule has 0 aromatic carbocycles. The summed E-state index contributed by atoms with van der Waals surface area (Å²) in [6.45, 7) is 0.388. The van der Waals surface area contributed by atoms with E-state index < -0.39 is 0 Å². The van der Waals surface area contributed by atoms with Crippen LogP contribution >= 0.6 is 11.6 Å². The molecule has 0 aliphatic rings. The molecule has 0 aliphatic carbocycles. The molecule has 0 fully saturated rings. The van der Waals surface area contributed by atoms with Crippen molar-refractivity contribution in [1.82, 2.24) is 14.8 Å². The predicted octanol–water partition coefficient (Wildman–Crippen LogP) is 1.40. The van der Waals surface area contributed by atoms with Crippen LogP contribution < -0.4 is 0 Å². The summed E-state index contributed by atoms with van der Waals surface area (Å²) >= 11 is 5.97. The highest BCUT2D eigenvalue weighted by Crippen LogP contribution is 2.29. The molecule has 0 bridgehead atoms. The van der Waals surface area contributed by atoms with Crippen molar-refractivity contribution in [2.75, 3.05) is 0 Å². The Hall–Kier alpha value is -1.82. The molecule has 0 radical (unpaired) electrons. The van der Waals surface area contributed by atoms with Gasteiger partial charge in [0.15, 0.2) is 11.6 Å². The van der Waals surface area contributed by atoms with Crippen LogP contribution in [0.2, 0.25) is 5.02 Å². The van der Waals surface area contributed by atoms with Crippen molar-refractivity contribution >= 4 is 18.1 Å². The Morgan fingerprint density at radius 3 is 3.12 bits per heavy atom. The smallest absolute Gasteiger partial charge is 0.293 e. The van der Waals surface area contributed by atoms with E-state index in [0.29, 0.717) is 28.8 Å². The van der Waals surface area contributed by atoms with Gasteiger partial charge in [-0.1, -0.05) is 11.6 Å². The van der Waals surface area contributed by atoms with E-state index in [1.54, 1.807) is 13.1 Å². The van der Waals surface area contributed by atoms with Gasteiger partial charge in [0.05, 0.1) is 5.02 Å². The first-order valence-electron chi connectivity index (χ1n) is 4.40. The third-order valence-electron chi connectivity index (χ3n) is 1.95. The van der Waals surface area contributed by atoms with Gasteiger partial charge in [0.2, 0.25) is 0 Å². The van der Waals surface area contributed by atoms with E-state index in [-0.39, 0.29) is 6.61 Å². The first-order chi connectivity index (χ1) is 7.72. The minimum atomic E-state index is 0.0427. The molecule has 2 heterocycles. The van der Waals surface area contributed by atoms with Crippen molar-refractivity contribution in [1.29, 1.82) is 0 Å². The van der Waals surface area contributed by atoms with Gasteiger partial charge in [-0.05, 0) is 0 Å². The van der Waals surface area contributed by atoms with Crippen LogP contribution in [-0.4, -0.2) is 21.2 Å². The van der Waals surface area contributed by atoms with Gasteiger partial charge in [-0.25, -0.2) is 9.67 Å². The largest absolute Gasteiger partial charge is 0.460 e.